The van der Waals surface area contributed by atoms with Crippen LogP contribution in [0.25, 0.3) is 0 Å². The highest BCUT2D eigenvalue weighted by molar-refractivity contribution is 14.0. The number of likely N-dealkylation sites (tertiary alicyclic amines) is 1. The molecule has 1 fully saturated rings. The standard InChI is InChI=1S/C19H32N4O.HI/c1-4-20-19(22-16(2)15-24-3)21-13-17-7-9-18(10-8-17)14-23-11-5-6-12-23;/h7-10,16H,4-6,11-15H2,1-3H3,(H2,20,21,22);1H. The van der Waals surface area contributed by atoms with Gasteiger partial charge in [-0.2, -0.15) is 0 Å². The van der Waals surface area contributed by atoms with Crippen molar-refractivity contribution in [3.05, 3.63) is 35.4 Å². The second kappa shape index (κ2) is 12.5. The Kier molecular flexibility index (Phi) is 11.1. The molecular formula is C19H33IN4O. The van der Waals surface area contributed by atoms with Gasteiger partial charge in [-0.05, 0) is 50.9 Å². The van der Waals surface area contributed by atoms with Crippen LogP contribution < -0.4 is 10.6 Å². The Morgan fingerprint density at radius 2 is 1.84 bits per heavy atom. The first-order valence-electron chi connectivity index (χ1n) is 9.05. The quantitative estimate of drug-likeness (QED) is 0.356. The van der Waals surface area contributed by atoms with Gasteiger partial charge in [0, 0.05) is 26.2 Å². The molecule has 0 aromatic heterocycles. The van der Waals surface area contributed by atoms with Crippen LogP contribution in [0.5, 0.6) is 0 Å². The molecule has 142 valence electrons. The number of nitrogens with one attached hydrogen (secondary N) is 2. The van der Waals surface area contributed by atoms with Crippen molar-refractivity contribution in [3.8, 4) is 0 Å². The largest absolute Gasteiger partial charge is 0.383 e. The lowest BCUT2D eigenvalue weighted by atomic mass is 10.1. The van der Waals surface area contributed by atoms with E-state index in [0.717, 1.165) is 19.0 Å². The summed E-state index contributed by atoms with van der Waals surface area (Å²) in [7, 11) is 1.71. The summed E-state index contributed by atoms with van der Waals surface area (Å²) in [5.74, 6) is 0.836. The molecule has 2 rings (SSSR count). The van der Waals surface area contributed by atoms with Crippen LogP contribution in [0.15, 0.2) is 29.3 Å². The molecule has 0 aliphatic carbocycles. The fourth-order valence-corrected chi connectivity index (χ4v) is 2.96. The molecule has 1 saturated heterocycles. The molecule has 1 heterocycles. The smallest absolute Gasteiger partial charge is 0.191 e. The van der Waals surface area contributed by atoms with Crippen LogP contribution in [-0.2, 0) is 17.8 Å². The van der Waals surface area contributed by atoms with Crippen molar-refractivity contribution in [3.63, 3.8) is 0 Å². The number of nitrogens with zero attached hydrogens (tertiary/aromatic N) is 2. The molecule has 1 aromatic rings. The summed E-state index contributed by atoms with van der Waals surface area (Å²) in [5, 5.41) is 6.63. The maximum Gasteiger partial charge on any atom is 0.191 e. The van der Waals surface area contributed by atoms with Gasteiger partial charge in [-0.25, -0.2) is 4.99 Å². The minimum absolute atomic E-state index is 0. The highest BCUT2D eigenvalue weighted by Gasteiger charge is 2.11. The van der Waals surface area contributed by atoms with Crippen LogP contribution in [0.3, 0.4) is 0 Å². The number of halogens is 1. The first-order valence-corrected chi connectivity index (χ1v) is 9.05. The van der Waals surface area contributed by atoms with Gasteiger partial charge in [-0.3, -0.25) is 4.90 Å². The van der Waals surface area contributed by atoms with Crippen molar-refractivity contribution in [1.82, 2.24) is 15.5 Å². The molecule has 0 saturated carbocycles. The lowest BCUT2D eigenvalue weighted by Gasteiger charge is -2.17. The molecular weight excluding hydrogens is 427 g/mol. The molecule has 0 bridgehead atoms. The third kappa shape index (κ3) is 8.37. The Bertz CT molecular complexity index is 501. The van der Waals surface area contributed by atoms with Gasteiger partial charge in [-0.1, -0.05) is 24.3 Å². The van der Waals surface area contributed by atoms with E-state index in [9.17, 15) is 0 Å². The van der Waals surface area contributed by atoms with Crippen LogP contribution in [0.4, 0.5) is 0 Å². The Morgan fingerprint density at radius 1 is 1.20 bits per heavy atom. The second-order valence-electron chi connectivity index (χ2n) is 6.50. The first-order chi connectivity index (χ1) is 11.7. The molecule has 0 radical (unpaired) electrons. The molecule has 1 aliphatic heterocycles. The van der Waals surface area contributed by atoms with Crippen molar-refractivity contribution in [1.29, 1.82) is 0 Å². The predicted octanol–water partition coefficient (Wildman–Crippen LogP) is 2.99. The molecule has 1 atom stereocenters. The van der Waals surface area contributed by atoms with E-state index in [1.54, 1.807) is 7.11 Å². The summed E-state index contributed by atoms with van der Waals surface area (Å²) >= 11 is 0. The normalized spacial score (nSPS) is 16.4. The summed E-state index contributed by atoms with van der Waals surface area (Å²) in [6.45, 7) is 9.90. The molecule has 5 nitrogen and oxygen atoms in total. The maximum absolute atomic E-state index is 5.16. The van der Waals surface area contributed by atoms with Crippen LogP contribution in [-0.4, -0.2) is 50.3 Å². The van der Waals surface area contributed by atoms with E-state index in [1.807, 2.05) is 0 Å². The van der Waals surface area contributed by atoms with E-state index in [4.69, 9.17) is 4.74 Å². The van der Waals surface area contributed by atoms with Gasteiger partial charge in [-0.15, -0.1) is 24.0 Å². The summed E-state index contributed by atoms with van der Waals surface area (Å²) in [6.07, 6.45) is 2.68. The van der Waals surface area contributed by atoms with Crippen LogP contribution in [0, 0.1) is 0 Å². The van der Waals surface area contributed by atoms with Gasteiger partial charge in [0.05, 0.1) is 13.2 Å². The van der Waals surface area contributed by atoms with Crippen molar-refractivity contribution in [2.24, 2.45) is 4.99 Å². The number of guanidine groups is 1. The highest BCUT2D eigenvalue weighted by Crippen LogP contribution is 2.13. The monoisotopic (exact) mass is 460 g/mol. The van der Waals surface area contributed by atoms with Gasteiger partial charge >= 0.3 is 0 Å². The van der Waals surface area contributed by atoms with Crippen molar-refractivity contribution in [2.75, 3.05) is 33.4 Å². The van der Waals surface area contributed by atoms with Crippen LogP contribution in [0.1, 0.15) is 37.8 Å². The molecule has 0 amide bonds. The van der Waals surface area contributed by atoms with E-state index in [0.29, 0.717) is 13.2 Å². The summed E-state index contributed by atoms with van der Waals surface area (Å²) in [5.41, 5.74) is 2.63. The third-order valence-corrected chi connectivity index (χ3v) is 4.19. The van der Waals surface area contributed by atoms with E-state index in [2.05, 4.69) is 58.6 Å². The van der Waals surface area contributed by atoms with E-state index >= 15 is 0 Å². The minimum Gasteiger partial charge on any atom is -0.383 e. The number of methoxy groups -OCH3 is 1. The summed E-state index contributed by atoms with van der Waals surface area (Å²) in [6, 6.07) is 9.08. The molecule has 1 unspecified atom stereocenters. The molecule has 1 aromatic carbocycles. The summed E-state index contributed by atoms with van der Waals surface area (Å²) < 4.78 is 5.16. The minimum atomic E-state index is 0. The van der Waals surface area contributed by atoms with Crippen LogP contribution >= 0.6 is 24.0 Å². The summed E-state index contributed by atoms with van der Waals surface area (Å²) in [4.78, 5) is 7.19. The number of hydrogen-bond acceptors (Lipinski definition) is 3. The van der Waals surface area contributed by atoms with Gasteiger partial charge in [0.2, 0.25) is 0 Å². The zero-order chi connectivity index (χ0) is 17.2. The van der Waals surface area contributed by atoms with E-state index in [-0.39, 0.29) is 30.0 Å². The zero-order valence-corrected chi connectivity index (χ0v) is 18.1. The lowest BCUT2D eigenvalue weighted by molar-refractivity contribution is 0.179. The third-order valence-electron chi connectivity index (χ3n) is 4.19. The Balaban J connectivity index is 0.00000312. The van der Waals surface area contributed by atoms with Gasteiger partial charge in [0.25, 0.3) is 0 Å². The molecule has 0 spiro atoms. The first kappa shape index (κ1) is 22.2. The molecule has 25 heavy (non-hydrogen) atoms. The number of ether oxygens (including phenoxy) is 1. The Labute approximate surface area is 169 Å². The predicted molar refractivity (Wildman–Crippen MR) is 116 cm³/mol. The number of aliphatic imine (C=N–C) groups is 1. The van der Waals surface area contributed by atoms with E-state index < -0.39 is 0 Å². The van der Waals surface area contributed by atoms with Gasteiger partial charge < -0.3 is 15.4 Å². The average molecular weight is 460 g/mol. The highest BCUT2D eigenvalue weighted by atomic mass is 127. The Hall–Kier alpha value is -0.860. The van der Waals surface area contributed by atoms with Crippen LogP contribution in [0.2, 0.25) is 0 Å². The van der Waals surface area contributed by atoms with Crippen molar-refractivity contribution >= 4 is 29.9 Å². The number of benzene rings is 1. The Morgan fingerprint density at radius 3 is 2.44 bits per heavy atom. The average Bonchev–Trinajstić information content (AvgIpc) is 3.07. The second-order valence-corrected chi connectivity index (χ2v) is 6.50. The lowest BCUT2D eigenvalue weighted by Crippen LogP contribution is -2.43. The molecule has 6 heteroatoms. The SMILES string of the molecule is CCNC(=NCc1ccc(CN2CCCC2)cc1)NC(C)COC.I. The molecule has 1 aliphatic rings. The number of rotatable bonds is 8. The van der Waals surface area contributed by atoms with Crippen molar-refractivity contribution in [2.45, 2.75) is 45.8 Å². The van der Waals surface area contributed by atoms with Gasteiger partial charge in [0.1, 0.15) is 0 Å². The van der Waals surface area contributed by atoms with Gasteiger partial charge in [0.15, 0.2) is 5.96 Å². The maximum atomic E-state index is 5.16. The fourth-order valence-electron chi connectivity index (χ4n) is 2.96. The number of hydrogen-bond donors (Lipinski definition) is 2. The van der Waals surface area contributed by atoms with Crippen molar-refractivity contribution < 1.29 is 4.74 Å². The fraction of sp³-hybridized carbons (Fsp3) is 0.632. The molecule has 2 N–H and O–H groups in total. The van der Waals surface area contributed by atoms with E-state index in [1.165, 1.54) is 37.1 Å². The zero-order valence-electron chi connectivity index (χ0n) is 15.8. The topological polar surface area (TPSA) is 48.9 Å².